The van der Waals surface area contributed by atoms with Crippen LogP contribution in [0.15, 0.2) is 30.4 Å². The lowest BCUT2D eigenvalue weighted by molar-refractivity contribution is -0.152. The molecule has 2 aliphatic rings. The van der Waals surface area contributed by atoms with Crippen LogP contribution in [0.4, 0.5) is 10.5 Å². The molecule has 0 aromatic heterocycles. The van der Waals surface area contributed by atoms with Gasteiger partial charge in [-0.05, 0) is 59.6 Å². The van der Waals surface area contributed by atoms with E-state index in [0.717, 1.165) is 0 Å². The first kappa shape index (κ1) is 27.7. The smallest absolute Gasteiger partial charge is 0.412 e. The minimum atomic E-state index is -0.881. The van der Waals surface area contributed by atoms with Crippen LogP contribution in [0.2, 0.25) is 0 Å². The van der Waals surface area contributed by atoms with Crippen LogP contribution in [-0.4, -0.2) is 60.1 Å². The summed E-state index contributed by atoms with van der Waals surface area (Å²) in [7, 11) is 1.50. The Bertz CT molecular complexity index is 1020. The molecule has 2 heterocycles. The summed E-state index contributed by atoms with van der Waals surface area (Å²) in [5, 5.41) is 13.4. The number of fused-ring (bicyclic) bond motifs is 2. The number of carbonyl (C=O) groups excluding carboxylic acids is 2. The number of benzene rings is 1. The Labute approximate surface area is 212 Å². The van der Waals surface area contributed by atoms with Gasteiger partial charge in [0.25, 0.3) is 0 Å². The zero-order chi connectivity index (χ0) is 26.7. The Hall–Kier alpha value is -2.88. The molecule has 1 amide bonds. The van der Waals surface area contributed by atoms with E-state index in [1.54, 1.807) is 71.9 Å². The summed E-state index contributed by atoms with van der Waals surface area (Å²) in [5.41, 5.74) is 0.142. The zero-order valence-corrected chi connectivity index (χ0v) is 22.0. The van der Waals surface area contributed by atoms with Crippen molar-refractivity contribution in [3.8, 4) is 5.75 Å². The average Bonchev–Trinajstić information content (AvgIpc) is 3.05. The van der Waals surface area contributed by atoms with Crippen LogP contribution in [0.25, 0.3) is 6.08 Å². The number of ether oxygens (including phenoxy) is 5. The van der Waals surface area contributed by atoms with E-state index in [0.29, 0.717) is 24.2 Å². The maximum absolute atomic E-state index is 13.3. The molecule has 3 rings (SSSR count). The molecular weight excluding hydrogens is 466 g/mol. The van der Waals surface area contributed by atoms with E-state index in [2.05, 4.69) is 5.32 Å². The number of rotatable bonds is 2. The SMILES string of the molecule is COc1cc2c(c(NC(=O)OC(C)(C)C)c1)C(=O)O[C@@H](C)C/C=C\C(O)[C@H]1OC(C)(C)O[C@H]1CC=C2. The Morgan fingerprint density at radius 1 is 1.17 bits per heavy atom. The molecule has 1 aromatic rings. The fourth-order valence-electron chi connectivity index (χ4n) is 4.10. The second-order valence-electron chi connectivity index (χ2n) is 10.4. The molecule has 1 aromatic carbocycles. The molecule has 198 valence electrons. The fourth-order valence-corrected chi connectivity index (χ4v) is 4.10. The lowest BCUT2D eigenvalue weighted by Gasteiger charge is -2.22. The molecule has 4 atom stereocenters. The maximum atomic E-state index is 13.3. The largest absolute Gasteiger partial charge is 0.497 e. The molecule has 0 bridgehead atoms. The summed E-state index contributed by atoms with van der Waals surface area (Å²) in [6.07, 6.45) is 4.70. The van der Waals surface area contributed by atoms with Gasteiger partial charge in [-0.3, -0.25) is 5.32 Å². The second-order valence-corrected chi connectivity index (χ2v) is 10.4. The summed E-state index contributed by atoms with van der Waals surface area (Å²) < 4.78 is 28.5. The zero-order valence-electron chi connectivity index (χ0n) is 22.0. The van der Waals surface area contributed by atoms with Gasteiger partial charge in [-0.1, -0.05) is 24.3 Å². The standard InChI is InChI=1S/C27H37NO8/c1-16-10-8-12-20(29)23-21(34-27(5,6)35-23)13-9-11-17-14-18(32-7)15-19(22(17)24(30)33-16)28-25(31)36-26(2,3)4/h8-9,11-12,14-16,20-21,23,29H,10,13H2,1-7H3,(H,28,31)/b11-9?,12-8-/t16-,20?,21-,23+/m0/s1. The summed E-state index contributed by atoms with van der Waals surface area (Å²) >= 11 is 0. The first-order valence-electron chi connectivity index (χ1n) is 12.1. The van der Waals surface area contributed by atoms with Crippen molar-refractivity contribution in [1.82, 2.24) is 0 Å². The molecule has 1 fully saturated rings. The minimum Gasteiger partial charge on any atom is -0.497 e. The normalized spacial score (nSPS) is 27.2. The molecule has 1 unspecified atom stereocenters. The van der Waals surface area contributed by atoms with Crippen molar-refractivity contribution in [3.05, 3.63) is 41.5 Å². The number of hydrogen-bond donors (Lipinski definition) is 2. The van der Waals surface area contributed by atoms with Gasteiger partial charge in [0.2, 0.25) is 0 Å². The third kappa shape index (κ3) is 7.32. The number of aliphatic hydroxyl groups excluding tert-OH is 1. The maximum Gasteiger partial charge on any atom is 0.412 e. The summed E-state index contributed by atoms with van der Waals surface area (Å²) in [6, 6.07) is 3.24. The van der Waals surface area contributed by atoms with Crippen LogP contribution >= 0.6 is 0 Å². The Morgan fingerprint density at radius 2 is 1.89 bits per heavy atom. The number of aliphatic hydroxyl groups is 1. The van der Waals surface area contributed by atoms with Gasteiger partial charge in [0, 0.05) is 12.5 Å². The van der Waals surface area contributed by atoms with Crippen LogP contribution in [0, 0.1) is 0 Å². The molecule has 2 N–H and O–H groups in total. The third-order valence-electron chi connectivity index (χ3n) is 5.55. The van der Waals surface area contributed by atoms with E-state index in [-0.39, 0.29) is 11.3 Å². The van der Waals surface area contributed by atoms with Crippen LogP contribution in [0.3, 0.4) is 0 Å². The van der Waals surface area contributed by atoms with E-state index < -0.39 is 47.9 Å². The van der Waals surface area contributed by atoms with Gasteiger partial charge < -0.3 is 28.8 Å². The van der Waals surface area contributed by atoms with Crippen LogP contribution in [-0.2, 0) is 18.9 Å². The van der Waals surface area contributed by atoms with Gasteiger partial charge in [0.15, 0.2) is 5.79 Å². The topological polar surface area (TPSA) is 113 Å². The summed E-state index contributed by atoms with van der Waals surface area (Å²) in [4.78, 5) is 25.9. The highest BCUT2D eigenvalue weighted by Gasteiger charge is 2.43. The highest BCUT2D eigenvalue weighted by Crippen LogP contribution is 2.34. The van der Waals surface area contributed by atoms with Gasteiger partial charge in [-0.15, -0.1) is 0 Å². The first-order chi connectivity index (χ1) is 16.8. The average molecular weight is 504 g/mol. The van der Waals surface area contributed by atoms with E-state index in [4.69, 9.17) is 23.7 Å². The van der Waals surface area contributed by atoms with E-state index in [1.165, 1.54) is 7.11 Å². The Balaban J connectivity index is 2.04. The number of anilines is 1. The molecule has 0 aliphatic carbocycles. The number of methoxy groups -OCH3 is 1. The van der Waals surface area contributed by atoms with Crippen LogP contribution in [0.1, 0.15) is 70.3 Å². The molecule has 9 heteroatoms. The molecular formula is C27H37NO8. The predicted octanol–water partition coefficient (Wildman–Crippen LogP) is 4.83. The number of nitrogens with one attached hydrogen (secondary N) is 1. The van der Waals surface area contributed by atoms with Crippen molar-refractivity contribution in [2.45, 2.75) is 90.2 Å². The lowest BCUT2D eigenvalue weighted by Crippen LogP contribution is -2.34. The Kier molecular flexibility index (Phi) is 8.48. The third-order valence-corrected chi connectivity index (χ3v) is 5.55. The molecule has 2 aliphatic heterocycles. The highest BCUT2D eigenvalue weighted by molar-refractivity contribution is 6.03. The van der Waals surface area contributed by atoms with Crippen LogP contribution in [0.5, 0.6) is 5.75 Å². The Morgan fingerprint density at radius 3 is 2.56 bits per heavy atom. The molecule has 9 nitrogen and oxygen atoms in total. The molecule has 1 saturated heterocycles. The molecule has 0 spiro atoms. The van der Waals surface area contributed by atoms with E-state index >= 15 is 0 Å². The van der Waals surface area contributed by atoms with Crippen LogP contribution < -0.4 is 10.1 Å². The minimum absolute atomic E-state index is 0.173. The van der Waals surface area contributed by atoms with Gasteiger partial charge in [-0.25, -0.2) is 9.59 Å². The van der Waals surface area contributed by atoms with Crippen molar-refractivity contribution in [1.29, 1.82) is 0 Å². The van der Waals surface area contributed by atoms with Crippen molar-refractivity contribution < 1.29 is 38.4 Å². The first-order valence-corrected chi connectivity index (χ1v) is 12.1. The number of hydrogen-bond acceptors (Lipinski definition) is 8. The lowest BCUT2D eigenvalue weighted by atomic mass is 10.0. The number of carbonyl (C=O) groups is 2. The van der Waals surface area contributed by atoms with Gasteiger partial charge in [0.1, 0.15) is 29.7 Å². The number of esters is 1. The van der Waals surface area contributed by atoms with E-state index in [1.807, 2.05) is 6.08 Å². The van der Waals surface area contributed by atoms with Crippen molar-refractivity contribution >= 4 is 23.8 Å². The summed E-state index contributed by atoms with van der Waals surface area (Å²) in [6.45, 7) is 10.6. The number of amides is 1. The fraction of sp³-hybridized carbons (Fsp3) is 0.556. The van der Waals surface area contributed by atoms with Crippen molar-refractivity contribution in [3.63, 3.8) is 0 Å². The second kappa shape index (κ2) is 11.0. The molecule has 0 radical (unpaired) electrons. The van der Waals surface area contributed by atoms with Gasteiger partial charge >= 0.3 is 12.1 Å². The quantitative estimate of drug-likeness (QED) is 0.436. The predicted molar refractivity (Wildman–Crippen MR) is 135 cm³/mol. The summed E-state index contributed by atoms with van der Waals surface area (Å²) in [5.74, 6) is -1.02. The van der Waals surface area contributed by atoms with Gasteiger partial charge in [-0.2, -0.15) is 0 Å². The highest BCUT2D eigenvalue weighted by atomic mass is 16.8. The van der Waals surface area contributed by atoms with E-state index in [9.17, 15) is 14.7 Å². The monoisotopic (exact) mass is 503 g/mol. The molecule has 0 saturated carbocycles. The van der Waals surface area contributed by atoms with Gasteiger partial charge in [0.05, 0.1) is 24.5 Å². The van der Waals surface area contributed by atoms with Crippen molar-refractivity contribution in [2.75, 3.05) is 12.4 Å². The molecule has 36 heavy (non-hydrogen) atoms. The number of cyclic esters (lactones) is 1. The van der Waals surface area contributed by atoms with Crippen molar-refractivity contribution in [2.24, 2.45) is 0 Å².